The summed E-state index contributed by atoms with van der Waals surface area (Å²) in [4.78, 5) is 0. The molecule has 0 bridgehead atoms. The highest BCUT2D eigenvalue weighted by molar-refractivity contribution is 5.65. The number of aliphatic hydroxyl groups is 1. The molecule has 3 aromatic rings. The molecule has 0 saturated carbocycles. The van der Waals surface area contributed by atoms with E-state index in [0.717, 1.165) is 10.0 Å². The third-order valence-corrected chi connectivity index (χ3v) is 5.53. The highest BCUT2D eigenvalue weighted by atomic mass is 16.3. The number of para-hydroxylation sites is 2. The Morgan fingerprint density at radius 1 is 0.706 bits per heavy atom. The molecular weight excluding hydrogens is 432 g/mol. The van der Waals surface area contributed by atoms with Crippen LogP contribution in [0, 0.1) is 13.8 Å². The molecule has 0 aliphatic rings. The third kappa shape index (κ3) is 4.62. The Morgan fingerprint density at radius 3 is 1.50 bits per heavy atom. The van der Waals surface area contributed by atoms with E-state index in [1.807, 2.05) is 0 Å². The van der Waals surface area contributed by atoms with Gasteiger partial charge >= 0.3 is 0 Å². The van der Waals surface area contributed by atoms with Gasteiger partial charge in [0, 0.05) is 12.4 Å². The number of phenolic OH excluding ortho intramolecular Hbond substituents is 2. The molecule has 0 unspecified atom stereocenters. The first kappa shape index (κ1) is 24.5. The Hall–Kier alpha value is -4.18. The molecular formula is C25H30N6O3. The molecule has 0 fully saturated rings. The second-order valence-electron chi connectivity index (χ2n) is 7.95. The monoisotopic (exact) mass is 462 g/mol. The zero-order chi connectivity index (χ0) is 25.0. The van der Waals surface area contributed by atoms with Crippen LogP contribution in [0.3, 0.4) is 0 Å². The summed E-state index contributed by atoms with van der Waals surface area (Å²) in [6, 6.07) is 18.4. The molecule has 0 aliphatic heterocycles. The van der Waals surface area contributed by atoms with Gasteiger partial charge in [-0.05, 0) is 42.7 Å². The molecule has 0 radical (unpaired) electrons. The van der Waals surface area contributed by atoms with E-state index >= 15 is 0 Å². The molecule has 0 aliphatic carbocycles. The second-order valence-corrected chi connectivity index (χ2v) is 7.95. The van der Waals surface area contributed by atoms with Crippen LogP contribution in [-0.4, -0.2) is 15.3 Å². The molecule has 11 N–H and O–H groups in total. The van der Waals surface area contributed by atoms with Gasteiger partial charge < -0.3 is 26.8 Å². The quantitative estimate of drug-likeness (QED) is 0.205. The fourth-order valence-corrected chi connectivity index (χ4v) is 3.75. The average Bonchev–Trinajstić information content (AvgIpc) is 2.78. The number of rotatable bonds is 7. The van der Waals surface area contributed by atoms with Crippen molar-refractivity contribution in [1.82, 2.24) is 0 Å². The molecule has 34 heavy (non-hydrogen) atoms. The summed E-state index contributed by atoms with van der Waals surface area (Å²) in [7, 11) is 0. The Bertz CT molecular complexity index is 1110. The number of benzene rings is 3. The van der Waals surface area contributed by atoms with Crippen LogP contribution in [0.4, 0.5) is 11.4 Å². The first-order chi connectivity index (χ1) is 16.1. The third-order valence-electron chi connectivity index (χ3n) is 5.53. The van der Waals surface area contributed by atoms with Gasteiger partial charge in [0.15, 0.2) is 5.60 Å². The van der Waals surface area contributed by atoms with Gasteiger partial charge in [-0.25, -0.2) is 11.7 Å². The number of nitrogens with two attached hydrogens (primary N) is 4. The van der Waals surface area contributed by atoms with Crippen LogP contribution in [0.15, 0.2) is 90.5 Å². The topological polar surface area (TPSA) is 171 Å². The van der Waals surface area contributed by atoms with Gasteiger partial charge in [0.1, 0.15) is 22.9 Å². The number of nitrogens with zero attached hydrogens (tertiary/aromatic N) is 2. The number of phenols is 2. The standard InChI is InChI=1S/C25H30N6O3/c1-16-8-6-12-19(32)23(16)30(28)14-21(26)25(34,18-10-4-3-5-11-18)22(27)15-31(29)24-17(2)9-7-13-20(24)33/h3-15,32-34H,26-29H2,1-2H3/b21-14-,22-15-. The van der Waals surface area contributed by atoms with Gasteiger partial charge in [-0.2, -0.15) is 0 Å². The van der Waals surface area contributed by atoms with Crippen LogP contribution >= 0.6 is 0 Å². The number of aromatic hydroxyl groups is 2. The van der Waals surface area contributed by atoms with Crippen molar-refractivity contribution in [1.29, 1.82) is 0 Å². The van der Waals surface area contributed by atoms with Crippen molar-refractivity contribution in [3.05, 3.63) is 107 Å². The molecule has 3 aromatic carbocycles. The predicted molar refractivity (Wildman–Crippen MR) is 134 cm³/mol. The number of hydrogen-bond donors (Lipinski definition) is 7. The smallest absolute Gasteiger partial charge is 0.171 e. The van der Waals surface area contributed by atoms with E-state index in [4.69, 9.17) is 23.2 Å². The molecule has 0 heterocycles. The van der Waals surface area contributed by atoms with Crippen LogP contribution < -0.4 is 33.2 Å². The van der Waals surface area contributed by atoms with E-state index in [2.05, 4.69) is 0 Å². The first-order valence-electron chi connectivity index (χ1n) is 10.5. The summed E-state index contributed by atoms with van der Waals surface area (Å²) < 4.78 is 0. The maximum atomic E-state index is 11.8. The van der Waals surface area contributed by atoms with Crippen LogP contribution in [0.2, 0.25) is 0 Å². The number of hydrogen-bond acceptors (Lipinski definition) is 9. The minimum atomic E-state index is -2.02. The van der Waals surface area contributed by atoms with Gasteiger partial charge in [0.05, 0.1) is 11.4 Å². The lowest BCUT2D eigenvalue weighted by molar-refractivity contribution is 0.112. The maximum absolute atomic E-state index is 11.8. The highest BCUT2D eigenvalue weighted by Crippen LogP contribution is 2.36. The summed E-state index contributed by atoms with van der Waals surface area (Å²) in [5, 5.41) is 34.6. The van der Waals surface area contributed by atoms with Crippen LogP contribution in [0.1, 0.15) is 16.7 Å². The lowest BCUT2D eigenvalue weighted by Crippen LogP contribution is -2.42. The summed E-state index contributed by atoms with van der Waals surface area (Å²) in [6.45, 7) is 3.55. The van der Waals surface area contributed by atoms with Crippen LogP contribution in [0.25, 0.3) is 0 Å². The van der Waals surface area contributed by atoms with Gasteiger partial charge in [-0.1, -0.05) is 54.6 Å². The molecule has 0 amide bonds. The van der Waals surface area contributed by atoms with E-state index in [-0.39, 0.29) is 22.9 Å². The first-order valence-corrected chi connectivity index (χ1v) is 10.5. The van der Waals surface area contributed by atoms with Gasteiger partial charge in [0.2, 0.25) is 0 Å². The summed E-state index contributed by atoms with van der Waals surface area (Å²) in [5.41, 5.74) is 12.9. The summed E-state index contributed by atoms with van der Waals surface area (Å²) >= 11 is 0. The van der Waals surface area contributed by atoms with Crippen molar-refractivity contribution in [3.63, 3.8) is 0 Å². The van der Waals surface area contributed by atoms with Gasteiger partial charge in [-0.15, -0.1) is 0 Å². The maximum Gasteiger partial charge on any atom is 0.171 e. The lowest BCUT2D eigenvalue weighted by Gasteiger charge is -2.32. The number of aryl methyl sites for hydroxylation is 2. The Balaban J connectivity index is 2.11. The number of anilines is 2. The lowest BCUT2D eigenvalue weighted by atomic mass is 9.87. The predicted octanol–water partition coefficient (Wildman–Crippen LogP) is 2.26. The van der Waals surface area contributed by atoms with Gasteiger partial charge in [-0.3, -0.25) is 10.0 Å². The zero-order valence-corrected chi connectivity index (χ0v) is 19.1. The van der Waals surface area contributed by atoms with E-state index in [1.165, 1.54) is 24.5 Å². The Labute approximate surface area is 198 Å². The van der Waals surface area contributed by atoms with Crippen molar-refractivity contribution >= 4 is 11.4 Å². The van der Waals surface area contributed by atoms with Crippen molar-refractivity contribution in [2.45, 2.75) is 19.4 Å². The Morgan fingerprint density at radius 2 is 1.12 bits per heavy atom. The highest BCUT2D eigenvalue weighted by Gasteiger charge is 2.37. The molecule has 3 rings (SSSR count). The normalized spacial score (nSPS) is 13.9. The van der Waals surface area contributed by atoms with Gasteiger partial charge in [0.25, 0.3) is 0 Å². The molecule has 9 nitrogen and oxygen atoms in total. The fourth-order valence-electron chi connectivity index (χ4n) is 3.75. The van der Waals surface area contributed by atoms with Crippen LogP contribution in [0.5, 0.6) is 11.5 Å². The van der Waals surface area contributed by atoms with E-state index in [9.17, 15) is 15.3 Å². The minimum absolute atomic E-state index is 0.0542. The van der Waals surface area contributed by atoms with Crippen molar-refractivity contribution < 1.29 is 15.3 Å². The van der Waals surface area contributed by atoms with E-state index in [1.54, 1.807) is 68.4 Å². The fraction of sp³-hybridized carbons (Fsp3) is 0.120. The Kier molecular flexibility index (Phi) is 7.02. The molecule has 9 heteroatoms. The van der Waals surface area contributed by atoms with Crippen molar-refractivity contribution in [2.24, 2.45) is 23.2 Å². The van der Waals surface area contributed by atoms with Crippen LogP contribution in [-0.2, 0) is 5.60 Å². The zero-order valence-electron chi connectivity index (χ0n) is 19.1. The largest absolute Gasteiger partial charge is 0.506 e. The molecule has 178 valence electrons. The second kappa shape index (κ2) is 9.75. The number of hydrazine groups is 2. The van der Waals surface area contributed by atoms with E-state index in [0.29, 0.717) is 28.1 Å². The molecule has 0 atom stereocenters. The average molecular weight is 463 g/mol. The summed E-state index contributed by atoms with van der Waals surface area (Å²) in [6.07, 6.45) is 2.56. The summed E-state index contributed by atoms with van der Waals surface area (Å²) in [5.74, 6) is 12.3. The molecule has 0 saturated heterocycles. The van der Waals surface area contributed by atoms with Crippen molar-refractivity contribution in [3.8, 4) is 11.5 Å². The molecule has 0 aromatic heterocycles. The SMILES string of the molecule is Cc1cccc(O)c1N(N)/C=C(\N)C(O)(/C(N)=C/N(N)c1c(C)cccc1O)c1ccccc1. The minimum Gasteiger partial charge on any atom is -0.506 e. The van der Waals surface area contributed by atoms with E-state index < -0.39 is 5.60 Å². The van der Waals surface area contributed by atoms with Crippen molar-refractivity contribution in [2.75, 3.05) is 10.0 Å². The molecule has 0 spiro atoms.